The molecule has 9 heteroatoms. The highest BCUT2D eigenvalue weighted by Crippen LogP contribution is 2.19. The van der Waals surface area contributed by atoms with Crippen LogP contribution in [0.2, 0.25) is 5.02 Å². The number of carbonyl (C=O) groups excluding carboxylic acids is 1. The van der Waals surface area contributed by atoms with Crippen LogP contribution in [0.1, 0.15) is 11.5 Å². The van der Waals surface area contributed by atoms with Gasteiger partial charge in [-0.3, -0.25) is 14.9 Å². The summed E-state index contributed by atoms with van der Waals surface area (Å²) in [6.45, 7) is 0.159. The van der Waals surface area contributed by atoms with Crippen molar-refractivity contribution in [2.24, 2.45) is 0 Å². The molecule has 0 N–H and O–H groups in total. The molecule has 0 atom stereocenters. The summed E-state index contributed by atoms with van der Waals surface area (Å²) in [4.78, 5) is 28.3. The van der Waals surface area contributed by atoms with E-state index in [1.165, 1.54) is 17.0 Å². The first-order valence-electron chi connectivity index (χ1n) is 7.98. The van der Waals surface area contributed by atoms with Gasteiger partial charge in [0.05, 0.1) is 17.9 Å². The third kappa shape index (κ3) is 4.68. The molecule has 2 aromatic carbocycles. The normalized spacial score (nSPS) is 10.6. The molecule has 0 spiro atoms. The Morgan fingerprint density at radius 1 is 1.19 bits per heavy atom. The van der Waals surface area contributed by atoms with E-state index in [2.05, 4.69) is 10.1 Å². The fourth-order valence-corrected chi connectivity index (χ4v) is 2.50. The van der Waals surface area contributed by atoms with Crippen LogP contribution in [0.4, 0.5) is 5.69 Å². The lowest BCUT2D eigenvalue weighted by Gasteiger charge is -2.14. The van der Waals surface area contributed by atoms with Gasteiger partial charge < -0.3 is 9.42 Å². The van der Waals surface area contributed by atoms with Crippen LogP contribution in [0.5, 0.6) is 0 Å². The number of hydrogen-bond acceptors (Lipinski definition) is 6. The molecule has 27 heavy (non-hydrogen) atoms. The molecule has 1 amide bonds. The molecule has 0 aliphatic heterocycles. The number of halogens is 1. The number of carbonyl (C=O) groups is 1. The first-order chi connectivity index (χ1) is 12.9. The van der Waals surface area contributed by atoms with Crippen molar-refractivity contribution in [2.45, 2.75) is 13.0 Å². The summed E-state index contributed by atoms with van der Waals surface area (Å²) in [6, 6.07) is 12.9. The first-order valence-corrected chi connectivity index (χ1v) is 8.36. The van der Waals surface area contributed by atoms with E-state index >= 15 is 0 Å². The number of non-ortho nitro benzene ring substituents is 1. The highest BCUT2D eigenvalue weighted by Gasteiger charge is 2.16. The van der Waals surface area contributed by atoms with Crippen molar-refractivity contribution in [3.8, 4) is 11.4 Å². The van der Waals surface area contributed by atoms with E-state index in [9.17, 15) is 14.9 Å². The van der Waals surface area contributed by atoms with Gasteiger partial charge in [-0.1, -0.05) is 28.9 Å². The standard InChI is InChI=1S/C18H15ClN4O4/c1-22(17(24)10-12-2-8-15(9-3-12)23(25)26)11-16-20-18(21-27-16)13-4-6-14(19)7-5-13/h2-9H,10-11H2,1H3. The Bertz CT molecular complexity index is 954. The minimum Gasteiger partial charge on any atom is -0.337 e. The molecule has 0 aliphatic rings. The van der Waals surface area contributed by atoms with Crippen LogP contribution >= 0.6 is 11.6 Å². The maximum absolute atomic E-state index is 12.3. The Morgan fingerprint density at radius 3 is 2.48 bits per heavy atom. The third-order valence-electron chi connectivity index (χ3n) is 3.87. The number of aromatic nitrogens is 2. The number of nitro benzene ring substituents is 1. The lowest BCUT2D eigenvalue weighted by atomic mass is 10.1. The molecule has 1 heterocycles. The van der Waals surface area contributed by atoms with E-state index in [1.807, 2.05) is 0 Å². The predicted octanol–water partition coefficient (Wildman–Crippen LogP) is 3.50. The summed E-state index contributed by atoms with van der Waals surface area (Å²) in [5, 5.41) is 15.2. The SMILES string of the molecule is CN(Cc1nc(-c2ccc(Cl)cc2)no1)C(=O)Cc1ccc([N+](=O)[O-])cc1. The Hall–Kier alpha value is -3.26. The number of nitro groups is 1. The van der Waals surface area contributed by atoms with E-state index in [1.54, 1.807) is 43.4 Å². The summed E-state index contributed by atoms with van der Waals surface area (Å²) in [6.07, 6.45) is 0.118. The molecule has 0 bridgehead atoms. The average Bonchev–Trinajstić information content (AvgIpc) is 3.11. The van der Waals surface area contributed by atoms with Crippen molar-refractivity contribution < 1.29 is 14.2 Å². The van der Waals surface area contributed by atoms with Crippen LogP contribution in [0.3, 0.4) is 0 Å². The second-order valence-electron chi connectivity index (χ2n) is 5.87. The Labute approximate surface area is 159 Å². The molecular formula is C18H15ClN4O4. The molecule has 3 rings (SSSR count). The number of rotatable bonds is 6. The van der Waals surface area contributed by atoms with Gasteiger partial charge >= 0.3 is 0 Å². The predicted molar refractivity (Wildman–Crippen MR) is 98.0 cm³/mol. The zero-order valence-electron chi connectivity index (χ0n) is 14.3. The van der Waals surface area contributed by atoms with Crippen molar-refractivity contribution in [2.75, 3.05) is 7.05 Å². The van der Waals surface area contributed by atoms with Crippen molar-refractivity contribution in [1.82, 2.24) is 15.0 Å². The van der Waals surface area contributed by atoms with Crippen molar-refractivity contribution in [3.05, 3.63) is 75.1 Å². The maximum atomic E-state index is 12.3. The van der Waals surface area contributed by atoms with Crippen molar-refractivity contribution >= 4 is 23.2 Å². The second kappa shape index (κ2) is 7.96. The van der Waals surface area contributed by atoms with Gasteiger partial charge in [0.25, 0.3) is 5.69 Å². The topological polar surface area (TPSA) is 102 Å². The lowest BCUT2D eigenvalue weighted by molar-refractivity contribution is -0.384. The average molecular weight is 387 g/mol. The molecule has 1 aromatic heterocycles. The summed E-state index contributed by atoms with van der Waals surface area (Å²) < 4.78 is 5.20. The van der Waals surface area contributed by atoms with Gasteiger partial charge in [-0.15, -0.1) is 0 Å². The largest absolute Gasteiger partial charge is 0.337 e. The summed E-state index contributed by atoms with van der Waals surface area (Å²) in [5.74, 6) is 0.549. The van der Waals surface area contributed by atoms with Gasteiger partial charge in [-0.2, -0.15) is 4.98 Å². The highest BCUT2D eigenvalue weighted by molar-refractivity contribution is 6.30. The molecule has 0 saturated carbocycles. The van der Waals surface area contributed by atoms with Crippen LogP contribution < -0.4 is 0 Å². The van der Waals surface area contributed by atoms with Gasteiger partial charge in [0, 0.05) is 29.8 Å². The van der Waals surface area contributed by atoms with Crippen molar-refractivity contribution in [1.29, 1.82) is 0 Å². The smallest absolute Gasteiger partial charge is 0.269 e. The quantitative estimate of drug-likeness (QED) is 0.474. The first kappa shape index (κ1) is 18.5. The molecule has 0 unspecified atom stereocenters. The molecule has 0 fully saturated rings. The van der Waals surface area contributed by atoms with Gasteiger partial charge in [0.2, 0.25) is 17.6 Å². The van der Waals surface area contributed by atoms with Gasteiger partial charge in [0.15, 0.2) is 0 Å². The van der Waals surface area contributed by atoms with Gasteiger partial charge in [-0.25, -0.2) is 0 Å². The molecular weight excluding hydrogens is 372 g/mol. The number of hydrogen-bond donors (Lipinski definition) is 0. The van der Waals surface area contributed by atoms with Gasteiger partial charge in [0.1, 0.15) is 0 Å². The Balaban J connectivity index is 1.61. The Kier molecular flexibility index (Phi) is 5.46. The van der Waals surface area contributed by atoms with Crippen LogP contribution in [0.25, 0.3) is 11.4 Å². The minimum atomic E-state index is -0.481. The van der Waals surface area contributed by atoms with Crippen LogP contribution in [0, 0.1) is 10.1 Å². The maximum Gasteiger partial charge on any atom is 0.269 e. The summed E-state index contributed by atoms with van der Waals surface area (Å²) in [5.41, 5.74) is 1.43. The van der Waals surface area contributed by atoms with Crippen LogP contribution in [-0.4, -0.2) is 32.9 Å². The van der Waals surface area contributed by atoms with E-state index in [0.29, 0.717) is 22.3 Å². The monoisotopic (exact) mass is 386 g/mol. The zero-order valence-corrected chi connectivity index (χ0v) is 15.1. The lowest BCUT2D eigenvalue weighted by Crippen LogP contribution is -2.27. The van der Waals surface area contributed by atoms with E-state index in [-0.39, 0.29) is 24.6 Å². The molecule has 0 saturated heterocycles. The number of amides is 1. The van der Waals surface area contributed by atoms with E-state index < -0.39 is 4.92 Å². The van der Waals surface area contributed by atoms with Crippen molar-refractivity contribution in [3.63, 3.8) is 0 Å². The Morgan fingerprint density at radius 2 is 1.85 bits per heavy atom. The fourth-order valence-electron chi connectivity index (χ4n) is 2.37. The summed E-state index contributed by atoms with van der Waals surface area (Å²) >= 11 is 5.86. The molecule has 3 aromatic rings. The zero-order chi connectivity index (χ0) is 19.4. The third-order valence-corrected chi connectivity index (χ3v) is 4.12. The molecule has 138 valence electrons. The number of likely N-dealkylation sites (N-methyl/N-ethyl adjacent to an activating group) is 1. The van der Waals surface area contributed by atoms with Gasteiger partial charge in [-0.05, 0) is 29.8 Å². The minimum absolute atomic E-state index is 0.0138. The fraction of sp³-hybridized carbons (Fsp3) is 0.167. The summed E-state index contributed by atoms with van der Waals surface area (Å²) in [7, 11) is 1.62. The number of benzene rings is 2. The van der Waals surface area contributed by atoms with Crippen LogP contribution in [-0.2, 0) is 17.8 Å². The molecule has 8 nitrogen and oxygen atoms in total. The molecule has 0 radical (unpaired) electrons. The van der Waals surface area contributed by atoms with E-state index in [4.69, 9.17) is 16.1 Å². The van der Waals surface area contributed by atoms with Crippen LogP contribution in [0.15, 0.2) is 53.1 Å². The molecule has 0 aliphatic carbocycles. The van der Waals surface area contributed by atoms with E-state index in [0.717, 1.165) is 5.56 Å². The highest BCUT2D eigenvalue weighted by atomic mass is 35.5. The number of nitrogens with zero attached hydrogens (tertiary/aromatic N) is 4. The second-order valence-corrected chi connectivity index (χ2v) is 6.31.